The number of carboxylic acid groups (broad SMARTS) is 1. The summed E-state index contributed by atoms with van der Waals surface area (Å²) < 4.78 is 14.3. The van der Waals surface area contributed by atoms with E-state index in [1.807, 2.05) is 12.1 Å². The van der Waals surface area contributed by atoms with Crippen molar-refractivity contribution in [3.05, 3.63) is 34.9 Å². The van der Waals surface area contributed by atoms with Crippen LogP contribution < -0.4 is 0 Å². The number of hydrogen-bond donors (Lipinski definition) is 1. The molecule has 1 aliphatic heterocycles. The lowest BCUT2D eigenvalue weighted by molar-refractivity contribution is -0.150. The molecule has 1 heterocycles. The Morgan fingerprint density at radius 1 is 1.13 bits per heavy atom. The van der Waals surface area contributed by atoms with Crippen LogP contribution in [0.15, 0.2) is 24.3 Å². The summed E-state index contributed by atoms with van der Waals surface area (Å²) in [6.07, 6.45) is 3.13. The highest BCUT2D eigenvalue weighted by atomic mass is 35.5. The monoisotopic (exact) mass is 339 g/mol. The molecule has 2 fully saturated rings. The molecular formula is C17H19ClFNO3. The molecule has 0 bridgehead atoms. The van der Waals surface area contributed by atoms with Crippen LogP contribution in [0, 0.1) is 0 Å². The van der Waals surface area contributed by atoms with Gasteiger partial charge < -0.3 is 10.0 Å². The van der Waals surface area contributed by atoms with Gasteiger partial charge in [-0.05, 0) is 30.5 Å². The zero-order valence-corrected chi connectivity index (χ0v) is 13.5. The minimum atomic E-state index is -2.32. The molecule has 0 aromatic heterocycles. The van der Waals surface area contributed by atoms with Crippen LogP contribution in [0.2, 0.25) is 5.02 Å². The summed E-state index contributed by atoms with van der Waals surface area (Å²) in [5.41, 5.74) is -2.11. The van der Waals surface area contributed by atoms with Gasteiger partial charge in [0.1, 0.15) is 0 Å². The summed E-state index contributed by atoms with van der Waals surface area (Å²) in [6, 6.07) is 7.21. The lowest BCUT2D eigenvalue weighted by Crippen LogP contribution is -2.46. The van der Waals surface area contributed by atoms with Crippen LogP contribution in [0.1, 0.15) is 37.7 Å². The Bertz CT molecular complexity index is 627. The zero-order valence-electron chi connectivity index (χ0n) is 12.7. The van der Waals surface area contributed by atoms with Crippen LogP contribution in [-0.2, 0) is 15.0 Å². The third kappa shape index (κ3) is 2.71. The van der Waals surface area contributed by atoms with E-state index in [2.05, 4.69) is 0 Å². The van der Waals surface area contributed by atoms with Gasteiger partial charge in [-0.3, -0.25) is 4.79 Å². The van der Waals surface area contributed by atoms with Gasteiger partial charge in [0.15, 0.2) is 0 Å². The van der Waals surface area contributed by atoms with E-state index in [1.54, 1.807) is 12.1 Å². The number of benzene rings is 1. The van der Waals surface area contributed by atoms with Crippen LogP contribution in [0.5, 0.6) is 0 Å². The number of halogens is 2. The summed E-state index contributed by atoms with van der Waals surface area (Å²) in [5, 5.41) is 9.62. The Hall–Kier alpha value is -1.62. The van der Waals surface area contributed by atoms with Crippen LogP contribution in [-0.4, -0.2) is 40.6 Å². The fourth-order valence-electron chi connectivity index (χ4n) is 3.80. The number of likely N-dealkylation sites (tertiary alicyclic amines) is 1. The van der Waals surface area contributed by atoms with Gasteiger partial charge in [0.05, 0.1) is 12.0 Å². The second-order valence-corrected chi connectivity index (χ2v) is 6.98. The molecule has 1 saturated carbocycles. The van der Waals surface area contributed by atoms with Gasteiger partial charge in [0.25, 0.3) is 0 Å². The average Bonchev–Trinajstić information content (AvgIpc) is 3.16. The molecule has 0 spiro atoms. The normalized spacial score (nSPS) is 26.4. The van der Waals surface area contributed by atoms with Crippen molar-refractivity contribution in [2.75, 3.05) is 13.1 Å². The molecule has 6 heteroatoms. The van der Waals surface area contributed by atoms with Gasteiger partial charge >= 0.3 is 5.97 Å². The van der Waals surface area contributed by atoms with Crippen molar-refractivity contribution in [1.82, 2.24) is 4.90 Å². The lowest BCUT2D eigenvalue weighted by Gasteiger charge is -2.33. The van der Waals surface area contributed by atoms with Gasteiger partial charge in [0.2, 0.25) is 11.6 Å². The number of rotatable bonds is 3. The molecule has 1 atom stereocenters. The van der Waals surface area contributed by atoms with E-state index in [4.69, 9.17) is 16.7 Å². The first-order valence-electron chi connectivity index (χ1n) is 7.85. The molecule has 124 valence electrons. The highest BCUT2D eigenvalue weighted by Gasteiger charge is 2.52. The molecule has 0 radical (unpaired) electrons. The molecule has 1 amide bonds. The first-order chi connectivity index (χ1) is 10.9. The third-order valence-corrected chi connectivity index (χ3v) is 5.41. The first kappa shape index (κ1) is 16.2. The van der Waals surface area contributed by atoms with Gasteiger partial charge in [-0.2, -0.15) is 0 Å². The lowest BCUT2D eigenvalue weighted by atomic mass is 9.77. The largest absolute Gasteiger partial charge is 0.479 e. The number of hydrogen-bond acceptors (Lipinski definition) is 2. The minimum Gasteiger partial charge on any atom is -0.479 e. The second kappa shape index (κ2) is 5.78. The minimum absolute atomic E-state index is 0.148. The number of alkyl halides is 1. The molecule has 2 aliphatic rings. The van der Waals surface area contributed by atoms with E-state index < -0.39 is 17.1 Å². The molecule has 4 nitrogen and oxygen atoms in total. The van der Waals surface area contributed by atoms with Crippen molar-refractivity contribution >= 4 is 23.5 Å². The third-order valence-electron chi connectivity index (χ3n) is 5.15. The van der Waals surface area contributed by atoms with Gasteiger partial charge in [-0.15, -0.1) is 0 Å². The van der Waals surface area contributed by atoms with Crippen LogP contribution in [0.4, 0.5) is 4.39 Å². The van der Waals surface area contributed by atoms with Gasteiger partial charge in [0, 0.05) is 18.0 Å². The van der Waals surface area contributed by atoms with E-state index in [0.717, 1.165) is 18.4 Å². The van der Waals surface area contributed by atoms with E-state index >= 15 is 0 Å². The zero-order chi connectivity index (χ0) is 16.7. The second-order valence-electron chi connectivity index (χ2n) is 6.54. The van der Waals surface area contributed by atoms with Crippen molar-refractivity contribution < 1.29 is 19.1 Å². The molecule has 1 saturated heterocycles. The molecule has 1 N–H and O–H groups in total. The fourth-order valence-corrected chi connectivity index (χ4v) is 3.92. The van der Waals surface area contributed by atoms with Crippen molar-refractivity contribution in [1.29, 1.82) is 0 Å². The summed E-state index contributed by atoms with van der Waals surface area (Å²) in [4.78, 5) is 25.6. The topological polar surface area (TPSA) is 57.6 Å². The van der Waals surface area contributed by atoms with Crippen LogP contribution in [0.25, 0.3) is 0 Å². The average molecular weight is 340 g/mol. The number of aliphatic carboxylic acids is 1. The predicted octanol–water partition coefficient (Wildman–Crippen LogP) is 3.18. The maximum absolute atomic E-state index is 14.3. The summed E-state index contributed by atoms with van der Waals surface area (Å²) >= 11 is 5.93. The Balaban J connectivity index is 1.89. The standard InChI is InChI=1S/C17H19ClFNO3/c18-13-5-3-12(4-6-13)16(7-1-2-8-16)14(21)20-10-9-17(19,11-20)15(22)23/h3-6H,1-2,7-11H2,(H,22,23). The van der Waals surface area contributed by atoms with Gasteiger partial charge in [-0.1, -0.05) is 36.6 Å². The Morgan fingerprint density at radius 2 is 1.74 bits per heavy atom. The van der Waals surface area contributed by atoms with E-state index in [1.165, 1.54) is 4.90 Å². The van der Waals surface area contributed by atoms with E-state index in [9.17, 15) is 14.0 Å². The van der Waals surface area contributed by atoms with Crippen molar-refractivity contribution in [2.45, 2.75) is 43.2 Å². The predicted molar refractivity (Wildman–Crippen MR) is 84.3 cm³/mol. The maximum Gasteiger partial charge on any atom is 0.343 e. The van der Waals surface area contributed by atoms with Crippen molar-refractivity contribution in [2.24, 2.45) is 0 Å². The molecule has 1 unspecified atom stereocenters. The Kier molecular flexibility index (Phi) is 4.08. The van der Waals surface area contributed by atoms with Gasteiger partial charge in [-0.25, -0.2) is 9.18 Å². The molecule has 1 aromatic rings. The van der Waals surface area contributed by atoms with Crippen molar-refractivity contribution in [3.63, 3.8) is 0 Å². The van der Waals surface area contributed by atoms with Crippen LogP contribution in [0.3, 0.4) is 0 Å². The number of nitrogens with zero attached hydrogens (tertiary/aromatic N) is 1. The number of carbonyl (C=O) groups excluding carboxylic acids is 1. The molecule has 1 aromatic carbocycles. The maximum atomic E-state index is 14.3. The highest BCUT2D eigenvalue weighted by Crippen LogP contribution is 2.44. The Morgan fingerprint density at radius 3 is 2.26 bits per heavy atom. The van der Waals surface area contributed by atoms with E-state index in [0.29, 0.717) is 17.9 Å². The van der Waals surface area contributed by atoms with Crippen LogP contribution >= 0.6 is 11.6 Å². The summed E-state index contributed by atoms with van der Waals surface area (Å²) in [5.74, 6) is -1.64. The number of carbonyl (C=O) groups is 2. The highest BCUT2D eigenvalue weighted by molar-refractivity contribution is 6.30. The summed E-state index contributed by atoms with van der Waals surface area (Å²) in [7, 11) is 0. The van der Waals surface area contributed by atoms with Crippen molar-refractivity contribution in [3.8, 4) is 0 Å². The number of carboxylic acids is 1. The fraction of sp³-hybridized carbons (Fsp3) is 0.529. The smallest absolute Gasteiger partial charge is 0.343 e. The first-order valence-corrected chi connectivity index (χ1v) is 8.23. The SMILES string of the molecule is O=C(O)C1(F)CCN(C(=O)C2(c3ccc(Cl)cc3)CCCC2)C1. The molecule has 3 rings (SSSR count). The summed E-state index contributed by atoms with van der Waals surface area (Å²) in [6.45, 7) is -0.215. The molecule has 1 aliphatic carbocycles. The molecular weight excluding hydrogens is 321 g/mol. The molecule has 23 heavy (non-hydrogen) atoms. The Labute approximate surface area is 139 Å². The number of amides is 1. The quantitative estimate of drug-likeness (QED) is 0.920. The van der Waals surface area contributed by atoms with E-state index in [-0.39, 0.29) is 25.4 Å².